The van der Waals surface area contributed by atoms with Gasteiger partial charge in [-0.1, -0.05) is 18.2 Å². The molecule has 2 rings (SSSR count). The average molecular weight is 471 g/mol. The number of hydrogen-bond acceptors (Lipinski definition) is 3. The smallest absolute Gasteiger partial charge is 0.191 e. The maximum absolute atomic E-state index is 5.36. The molecule has 7 heteroatoms. The van der Waals surface area contributed by atoms with Crippen molar-refractivity contribution in [3.63, 3.8) is 0 Å². The van der Waals surface area contributed by atoms with Crippen LogP contribution < -0.4 is 10.6 Å². The van der Waals surface area contributed by atoms with Crippen LogP contribution in [0.5, 0.6) is 0 Å². The number of nitrogens with zero attached hydrogens (tertiary/aromatic N) is 3. The Kier molecular flexibility index (Phi) is 10.3. The molecule has 0 unspecified atom stereocenters. The van der Waals surface area contributed by atoms with E-state index in [2.05, 4.69) is 41.7 Å². The van der Waals surface area contributed by atoms with Gasteiger partial charge < -0.3 is 15.4 Å². The number of halogens is 1. The van der Waals surface area contributed by atoms with Gasteiger partial charge in [-0.15, -0.1) is 24.0 Å². The second-order valence-electron chi connectivity index (χ2n) is 5.72. The average Bonchev–Trinajstić information content (AvgIpc) is 2.91. The molecule has 0 saturated heterocycles. The zero-order chi connectivity index (χ0) is 18.1. The molecule has 0 radical (unpaired) electrons. The number of aliphatic imine (C=N–C) groups is 1. The van der Waals surface area contributed by atoms with Gasteiger partial charge in [-0.05, 0) is 39.8 Å². The number of aryl methyl sites for hydroxylation is 1. The molecule has 144 valence electrons. The Morgan fingerprint density at radius 2 is 1.88 bits per heavy atom. The van der Waals surface area contributed by atoms with Crippen LogP contribution >= 0.6 is 24.0 Å². The summed E-state index contributed by atoms with van der Waals surface area (Å²) in [6.07, 6.45) is 0. The van der Waals surface area contributed by atoms with E-state index in [0.29, 0.717) is 13.2 Å². The number of aromatic nitrogens is 2. The van der Waals surface area contributed by atoms with Gasteiger partial charge in [0.15, 0.2) is 5.96 Å². The Labute approximate surface area is 173 Å². The van der Waals surface area contributed by atoms with E-state index in [1.165, 1.54) is 0 Å². The summed E-state index contributed by atoms with van der Waals surface area (Å²) in [5.74, 6) is 0.800. The van der Waals surface area contributed by atoms with Crippen LogP contribution in [0.3, 0.4) is 0 Å². The van der Waals surface area contributed by atoms with E-state index in [1.807, 2.05) is 36.7 Å². The van der Waals surface area contributed by atoms with E-state index >= 15 is 0 Å². The molecule has 26 heavy (non-hydrogen) atoms. The molecule has 0 fully saturated rings. The summed E-state index contributed by atoms with van der Waals surface area (Å²) in [6.45, 7) is 11.7. The molecule has 0 saturated carbocycles. The van der Waals surface area contributed by atoms with Crippen molar-refractivity contribution in [2.45, 2.75) is 34.2 Å². The minimum Gasteiger partial charge on any atom is -0.380 e. The van der Waals surface area contributed by atoms with Crippen LogP contribution in [-0.4, -0.2) is 42.0 Å². The minimum absolute atomic E-state index is 0. The van der Waals surface area contributed by atoms with Crippen molar-refractivity contribution in [1.29, 1.82) is 0 Å². The number of ether oxygens (including phenoxy) is 1. The van der Waals surface area contributed by atoms with Crippen LogP contribution in [-0.2, 0) is 11.3 Å². The first-order valence-corrected chi connectivity index (χ1v) is 8.87. The van der Waals surface area contributed by atoms with E-state index in [0.717, 1.165) is 48.3 Å². The van der Waals surface area contributed by atoms with Gasteiger partial charge in [-0.3, -0.25) is 0 Å². The van der Waals surface area contributed by atoms with Crippen molar-refractivity contribution in [2.24, 2.45) is 4.99 Å². The highest BCUT2D eigenvalue weighted by molar-refractivity contribution is 14.0. The standard InChI is InChI=1S/C19H29N5O.HI/c1-5-20-19(21-12-13-25-6-2)22-14-18-15(3)23-24(16(18)4)17-10-8-7-9-11-17;/h7-11H,5-6,12-14H2,1-4H3,(H2,20,21,22);1H. The molecule has 1 aromatic heterocycles. The molecule has 1 aromatic carbocycles. The SMILES string of the molecule is CCNC(=NCc1c(C)nn(-c2ccccc2)c1C)NCCOCC.I. The third kappa shape index (κ3) is 6.28. The Bertz CT molecular complexity index is 685. The third-order valence-corrected chi connectivity index (χ3v) is 3.92. The van der Waals surface area contributed by atoms with Crippen molar-refractivity contribution >= 4 is 29.9 Å². The van der Waals surface area contributed by atoms with Crippen LogP contribution in [0.4, 0.5) is 0 Å². The number of guanidine groups is 1. The fraction of sp³-hybridized carbons (Fsp3) is 0.474. The van der Waals surface area contributed by atoms with Gasteiger partial charge in [0, 0.05) is 31.0 Å². The normalized spacial score (nSPS) is 11.2. The molecule has 0 atom stereocenters. The van der Waals surface area contributed by atoms with Crippen LogP contribution in [0.15, 0.2) is 35.3 Å². The number of nitrogens with one attached hydrogen (secondary N) is 2. The molecular weight excluding hydrogens is 441 g/mol. The molecular formula is C19H30IN5O. The van der Waals surface area contributed by atoms with E-state index in [9.17, 15) is 0 Å². The number of para-hydroxylation sites is 1. The second kappa shape index (κ2) is 11.9. The molecule has 0 aliphatic heterocycles. The molecule has 0 amide bonds. The van der Waals surface area contributed by atoms with E-state index in [1.54, 1.807) is 0 Å². The zero-order valence-corrected chi connectivity index (χ0v) is 18.4. The van der Waals surface area contributed by atoms with Crippen LogP contribution in [0.2, 0.25) is 0 Å². The van der Waals surface area contributed by atoms with Gasteiger partial charge in [0.05, 0.1) is 24.5 Å². The van der Waals surface area contributed by atoms with Crippen molar-refractivity contribution in [2.75, 3.05) is 26.3 Å². The van der Waals surface area contributed by atoms with Crippen molar-refractivity contribution < 1.29 is 4.74 Å². The lowest BCUT2D eigenvalue weighted by atomic mass is 10.2. The second-order valence-corrected chi connectivity index (χ2v) is 5.72. The highest BCUT2D eigenvalue weighted by Gasteiger charge is 2.12. The van der Waals surface area contributed by atoms with Gasteiger partial charge in [0.25, 0.3) is 0 Å². The number of rotatable bonds is 8. The van der Waals surface area contributed by atoms with E-state index < -0.39 is 0 Å². The molecule has 0 aliphatic rings. The largest absolute Gasteiger partial charge is 0.380 e. The fourth-order valence-corrected chi connectivity index (χ4v) is 2.61. The monoisotopic (exact) mass is 471 g/mol. The van der Waals surface area contributed by atoms with Gasteiger partial charge in [-0.2, -0.15) is 5.10 Å². The van der Waals surface area contributed by atoms with E-state index in [-0.39, 0.29) is 24.0 Å². The summed E-state index contributed by atoms with van der Waals surface area (Å²) < 4.78 is 7.34. The Morgan fingerprint density at radius 1 is 1.15 bits per heavy atom. The van der Waals surface area contributed by atoms with Gasteiger partial charge in [0.2, 0.25) is 0 Å². The number of benzene rings is 1. The van der Waals surface area contributed by atoms with Crippen LogP contribution in [0, 0.1) is 13.8 Å². The van der Waals surface area contributed by atoms with E-state index in [4.69, 9.17) is 9.73 Å². The molecule has 0 bridgehead atoms. The first-order chi connectivity index (χ1) is 12.2. The van der Waals surface area contributed by atoms with Crippen molar-refractivity contribution in [3.8, 4) is 5.69 Å². The third-order valence-electron chi connectivity index (χ3n) is 3.92. The first kappa shape index (κ1) is 22.4. The summed E-state index contributed by atoms with van der Waals surface area (Å²) in [4.78, 5) is 4.70. The lowest BCUT2D eigenvalue weighted by Crippen LogP contribution is -2.39. The lowest BCUT2D eigenvalue weighted by Gasteiger charge is -2.11. The fourth-order valence-electron chi connectivity index (χ4n) is 2.61. The lowest BCUT2D eigenvalue weighted by molar-refractivity contribution is 0.152. The summed E-state index contributed by atoms with van der Waals surface area (Å²) in [5, 5.41) is 11.2. The zero-order valence-electron chi connectivity index (χ0n) is 16.1. The maximum atomic E-state index is 5.36. The predicted molar refractivity (Wildman–Crippen MR) is 118 cm³/mol. The minimum atomic E-state index is 0. The quantitative estimate of drug-likeness (QED) is 0.269. The highest BCUT2D eigenvalue weighted by Crippen LogP contribution is 2.18. The summed E-state index contributed by atoms with van der Waals surface area (Å²) in [5.41, 5.74) is 4.36. The molecule has 0 aliphatic carbocycles. The van der Waals surface area contributed by atoms with Crippen molar-refractivity contribution in [3.05, 3.63) is 47.3 Å². The predicted octanol–water partition coefficient (Wildman–Crippen LogP) is 3.20. The topological polar surface area (TPSA) is 63.5 Å². The summed E-state index contributed by atoms with van der Waals surface area (Å²) in [7, 11) is 0. The molecule has 1 heterocycles. The van der Waals surface area contributed by atoms with Gasteiger partial charge in [0.1, 0.15) is 0 Å². The Morgan fingerprint density at radius 3 is 2.54 bits per heavy atom. The van der Waals surface area contributed by atoms with Crippen LogP contribution in [0.1, 0.15) is 30.8 Å². The highest BCUT2D eigenvalue weighted by atomic mass is 127. The summed E-state index contributed by atoms with van der Waals surface area (Å²) >= 11 is 0. The summed E-state index contributed by atoms with van der Waals surface area (Å²) in [6, 6.07) is 10.2. The van der Waals surface area contributed by atoms with Gasteiger partial charge >= 0.3 is 0 Å². The maximum Gasteiger partial charge on any atom is 0.191 e. The molecule has 2 N–H and O–H groups in total. The first-order valence-electron chi connectivity index (χ1n) is 8.87. The molecule has 2 aromatic rings. The molecule has 6 nitrogen and oxygen atoms in total. The van der Waals surface area contributed by atoms with Crippen molar-refractivity contribution in [1.82, 2.24) is 20.4 Å². The Balaban J connectivity index is 0.00000338. The van der Waals surface area contributed by atoms with Gasteiger partial charge in [-0.25, -0.2) is 9.67 Å². The number of hydrogen-bond donors (Lipinski definition) is 2. The molecule has 0 spiro atoms. The van der Waals surface area contributed by atoms with Crippen LogP contribution in [0.25, 0.3) is 5.69 Å². The Hall–Kier alpha value is -1.61.